The van der Waals surface area contributed by atoms with Crippen molar-refractivity contribution >= 4 is 33.4 Å². The molecular weight excluding hydrogens is 969 g/mol. The van der Waals surface area contributed by atoms with Crippen molar-refractivity contribution in [1.29, 1.82) is 0 Å². The van der Waals surface area contributed by atoms with E-state index in [0.717, 1.165) is 81.4 Å². The van der Waals surface area contributed by atoms with E-state index in [4.69, 9.17) is 29.0 Å². The number of hydrogen-bond donors (Lipinski definition) is 5. The maximum atomic E-state index is 12.8. The number of nitrogen functional groups attached to an aromatic ring is 1. The number of phosphoric acid groups is 2. The molecule has 20 heteroatoms. The number of unbranched alkanes of at least 4 members (excludes halogenated alkanes) is 11. The van der Waals surface area contributed by atoms with E-state index in [1.54, 1.807) is 6.08 Å². The van der Waals surface area contributed by atoms with Crippen LogP contribution in [0.25, 0.3) is 0 Å². The Morgan fingerprint density at radius 2 is 1.19 bits per heavy atom. The van der Waals surface area contributed by atoms with Crippen LogP contribution in [0.1, 0.15) is 161 Å². The molecule has 7 atom stereocenters. The Labute approximate surface area is 427 Å². The lowest BCUT2D eigenvalue weighted by Gasteiger charge is -2.21. The standard InChI is InChI=1S/C52H83N3O15P2/c1-3-5-7-9-11-13-15-17-19-20-21-22-24-26-28-30-32-34-36-38-48(57)68-44(41-65-47(56)37-35-33-31-29-27-25-23-18-16-14-12-10-8-6-4-2)42-66-71(61,62)70-72(63,64)67-43-45-49(58)50(59)51(69-45)55-40-39-46(53)54-52(55)60/h5,7,11,13,17-19,21-23,26,28,32,34,39-40,44-45,49-51,58-59H,3-4,6,8-10,12,14-16,20,24-25,27,29-31,33,35-38,41-43H2,1-2H3,(H,61,62)(H,63,64)(H2,53,54,60)/t44-,45-,49+,50?,51-/m1/s1. The molecular formula is C52H83N3O15P2. The highest BCUT2D eigenvalue weighted by atomic mass is 31.3. The molecule has 0 spiro atoms. The number of nitrogens with zero attached hydrogens (tertiary/aromatic N) is 2. The van der Waals surface area contributed by atoms with E-state index in [2.05, 4.69) is 83.9 Å². The van der Waals surface area contributed by atoms with E-state index in [9.17, 15) is 43.5 Å². The number of aromatic nitrogens is 2. The quantitative estimate of drug-likeness (QED) is 0.0177. The van der Waals surface area contributed by atoms with E-state index in [1.165, 1.54) is 44.6 Å². The first-order chi connectivity index (χ1) is 34.7. The summed E-state index contributed by atoms with van der Waals surface area (Å²) in [6, 6.07) is 1.24. The molecule has 1 aliphatic rings. The summed E-state index contributed by atoms with van der Waals surface area (Å²) in [5.41, 5.74) is 4.58. The Kier molecular flexibility index (Phi) is 35.1. The molecule has 1 aromatic heterocycles. The molecule has 1 saturated heterocycles. The molecule has 72 heavy (non-hydrogen) atoms. The number of rotatable bonds is 41. The summed E-state index contributed by atoms with van der Waals surface area (Å²) in [4.78, 5) is 61.9. The number of allylic oxidation sites excluding steroid dienone is 14. The molecule has 2 heterocycles. The second-order valence-electron chi connectivity index (χ2n) is 17.3. The highest BCUT2D eigenvalue weighted by Crippen LogP contribution is 2.60. The van der Waals surface area contributed by atoms with Crippen molar-refractivity contribution in [2.75, 3.05) is 25.6 Å². The predicted octanol–water partition coefficient (Wildman–Crippen LogP) is 10.7. The van der Waals surface area contributed by atoms with Crippen LogP contribution in [-0.2, 0) is 46.3 Å². The van der Waals surface area contributed by atoms with Gasteiger partial charge in [-0.1, -0.05) is 150 Å². The monoisotopic (exact) mass is 1050 g/mol. The zero-order valence-electron chi connectivity index (χ0n) is 42.4. The van der Waals surface area contributed by atoms with Crippen molar-refractivity contribution < 1.29 is 66.3 Å². The third-order valence-corrected chi connectivity index (χ3v) is 13.6. The zero-order valence-corrected chi connectivity index (χ0v) is 44.2. The molecule has 406 valence electrons. The van der Waals surface area contributed by atoms with Crippen LogP contribution < -0.4 is 11.4 Å². The fourth-order valence-corrected chi connectivity index (χ4v) is 9.15. The van der Waals surface area contributed by atoms with Gasteiger partial charge in [-0.3, -0.25) is 23.2 Å². The van der Waals surface area contributed by atoms with Gasteiger partial charge in [-0.05, 0) is 83.1 Å². The van der Waals surface area contributed by atoms with Crippen LogP contribution in [0.2, 0.25) is 0 Å². The van der Waals surface area contributed by atoms with E-state index < -0.39 is 83.7 Å². The second-order valence-corrected chi connectivity index (χ2v) is 20.3. The molecule has 2 rings (SSSR count). The number of anilines is 1. The molecule has 0 saturated carbocycles. The normalized spacial score (nSPS) is 19.8. The van der Waals surface area contributed by atoms with E-state index >= 15 is 0 Å². The van der Waals surface area contributed by atoms with Gasteiger partial charge in [0.25, 0.3) is 0 Å². The summed E-state index contributed by atoms with van der Waals surface area (Å²) in [5, 5.41) is 20.9. The summed E-state index contributed by atoms with van der Waals surface area (Å²) >= 11 is 0. The Bertz CT molecular complexity index is 2040. The van der Waals surface area contributed by atoms with Crippen LogP contribution >= 0.6 is 15.6 Å². The summed E-state index contributed by atoms with van der Waals surface area (Å²) < 4.78 is 56.7. The lowest BCUT2D eigenvalue weighted by molar-refractivity contribution is -0.161. The lowest BCUT2D eigenvalue weighted by atomic mass is 10.1. The molecule has 3 unspecified atom stereocenters. The number of phosphoric ester groups is 2. The summed E-state index contributed by atoms with van der Waals surface area (Å²) in [5.74, 6) is -1.41. The van der Waals surface area contributed by atoms with E-state index in [-0.39, 0.29) is 18.7 Å². The third-order valence-electron chi connectivity index (χ3n) is 11.0. The maximum Gasteiger partial charge on any atom is 0.481 e. The van der Waals surface area contributed by atoms with Crippen molar-refractivity contribution in [3.05, 3.63) is 108 Å². The number of carbonyl (C=O) groups is 2. The minimum absolute atomic E-state index is 0.0807. The maximum absolute atomic E-state index is 12.8. The molecule has 1 aromatic rings. The van der Waals surface area contributed by atoms with Gasteiger partial charge in [0.15, 0.2) is 12.3 Å². The molecule has 6 N–H and O–H groups in total. The molecule has 0 radical (unpaired) electrons. The Morgan fingerprint density at radius 1 is 0.681 bits per heavy atom. The minimum atomic E-state index is -5.44. The van der Waals surface area contributed by atoms with E-state index in [1.807, 2.05) is 18.2 Å². The van der Waals surface area contributed by atoms with Crippen molar-refractivity contribution in [2.24, 2.45) is 0 Å². The first kappa shape index (κ1) is 64.1. The summed E-state index contributed by atoms with van der Waals surface area (Å²) in [7, 11) is -10.9. The van der Waals surface area contributed by atoms with Gasteiger partial charge in [0.1, 0.15) is 30.7 Å². The molecule has 0 bridgehead atoms. The highest BCUT2D eigenvalue weighted by Gasteiger charge is 2.46. The van der Waals surface area contributed by atoms with Gasteiger partial charge >= 0.3 is 33.3 Å². The first-order valence-electron chi connectivity index (χ1n) is 25.6. The third kappa shape index (κ3) is 31.5. The number of carbonyl (C=O) groups excluding carboxylic acids is 2. The summed E-state index contributed by atoms with van der Waals surface area (Å²) in [6.07, 6.45) is 42.5. The molecule has 0 amide bonds. The van der Waals surface area contributed by atoms with Crippen LogP contribution in [0.5, 0.6) is 0 Å². The largest absolute Gasteiger partial charge is 0.481 e. The van der Waals surface area contributed by atoms with Crippen LogP contribution in [0.4, 0.5) is 5.82 Å². The number of esters is 2. The van der Waals surface area contributed by atoms with E-state index in [0.29, 0.717) is 19.3 Å². The van der Waals surface area contributed by atoms with Crippen LogP contribution in [0.3, 0.4) is 0 Å². The van der Waals surface area contributed by atoms with Crippen molar-refractivity contribution in [3.8, 4) is 0 Å². The second kappa shape index (κ2) is 39.4. The Morgan fingerprint density at radius 3 is 1.76 bits per heavy atom. The van der Waals surface area contributed by atoms with Gasteiger partial charge < -0.3 is 39.9 Å². The SMILES string of the molecule is CCC=CCC=CCC=CCC=CCC=CCC=CCCC(=O)O[C@H](COC(=O)CCCCCCCC=CCCCCCCCC)COP(=O)(O)OP(=O)(O)OC[C@H]1O[C@@H](n2ccc(N)nc2=O)C(O)[C@H]1O. The van der Waals surface area contributed by atoms with Crippen molar-refractivity contribution in [1.82, 2.24) is 9.55 Å². The van der Waals surface area contributed by atoms with Gasteiger partial charge in [0, 0.05) is 19.0 Å². The molecule has 0 aromatic carbocycles. The smallest absolute Gasteiger partial charge is 0.462 e. The van der Waals surface area contributed by atoms with Gasteiger partial charge in [-0.15, -0.1) is 0 Å². The van der Waals surface area contributed by atoms with Crippen LogP contribution in [-0.4, -0.2) is 85.7 Å². The fraction of sp³-hybridized carbons (Fsp3) is 0.615. The van der Waals surface area contributed by atoms with Gasteiger partial charge in [0.2, 0.25) is 0 Å². The molecule has 0 aliphatic carbocycles. The number of aliphatic hydroxyl groups excluding tert-OH is 2. The fourth-order valence-electron chi connectivity index (χ4n) is 7.04. The average Bonchev–Trinajstić information content (AvgIpc) is 3.62. The zero-order chi connectivity index (χ0) is 52.7. The Hall–Kier alpha value is -4.06. The van der Waals surface area contributed by atoms with Gasteiger partial charge in [-0.2, -0.15) is 9.29 Å². The summed E-state index contributed by atoms with van der Waals surface area (Å²) in [6.45, 7) is 1.95. The van der Waals surface area contributed by atoms with Gasteiger partial charge in [-0.25, -0.2) is 13.9 Å². The lowest BCUT2D eigenvalue weighted by Crippen LogP contribution is -2.36. The van der Waals surface area contributed by atoms with Crippen LogP contribution in [0, 0.1) is 0 Å². The molecule has 1 fully saturated rings. The highest BCUT2D eigenvalue weighted by molar-refractivity contribution is 7.61. The number of hydrogen-bond acceptors (Lipinski definition) is 15. The predicted molar refractivity (Wildman–Crippen MR) is 279 cm³/mol. The molecule has 1 aliphatic heterocycles. The number of aliphatic hydroxyl groups is 2. The molecule has 18 nitrogen and oxygen atoms in total. The average molecular weight is 1050 g/mol. The van der Waals surface area contributed by atoms with Gasteiger partial charge in [0.05, 0.1) is 13.2 Å². The topological polar surface area (TPSA) is 265 Å². The Balaban J connectivity index is 1.84. The van der Waals surface area contributed by atoms with Crippen molar-refractivity contribution in [2.45, 2.75) is 186 Å². The number of nitrogens with two attached hydrogens (primary N) is 1. The number of ether oxygens (including phenoxy) is 3. The first-order valence-corrected chi connectivity index (χ1v) is 28.6. The van der Waals surface area contributed by atoms with Crippen LogP contribution in [0.15, 0.2) is 102 Å². The van der Waals surface area contributed by atoms with Crippen molar-refractivity contribution in [3.63, 3.8) is 0 Å². The minimum Gasteiger partial charge on any atom is -0.462 e.